The molecule has 2 aromatic rings. The first-order chi connectivity index (χ1) is 12.2. The van der Waals surface area contributed by atoms with E-state index in [4.69, 9.17) is 0 Å². The van der Waals surface area contributed by atoms with Gasteiger partial charge in [-0.15, -0.1) is 0 Å². The summed E-state index contributed by atoms with van der Waals surface area (Å²) >= 11 is 0. The van der Waals surface area contributed by atoms with Gasteiger partial charge in [-0.1, -0.05) is 67.4 Å². The second-order valence-corrected chi connectivity index (χ2v) is 6.82. The van der Waals surface area contributed by atoms with Gasteiger partial charge in [0.05, 0.1) is 6.54 Å². The van der Waals surface area contributed by atoms with Gasteiger partial charge in [0.2, 0.25) is 0 Å². The van der Waals surface area contributed by atoms with Crippen molar-refractivity contribution in [1.82, 2.24) is 4.90 Å². The number of nitrogens with zero attached hydrogens (tertiary/aromatic N) is 2. The summed E-state index contributed by atoms with van der Waals surface area (Å²) in [6.45, 7) is 0.350. The molecule has 1 N–H and O–H groups in total. The molecule has 1 unspecified atom stereocenters. The predicted molar refractivity (Wildman–Crippen MR) is 98.4 cm³/mol. The van der Waals surface area contributed by atoms with Gasteiger partial charge in [0, 0.05) is 11.6 Å². The summed E-state index contributed by atoms with van der Waals surface area (Å²) in [6, 6.07) is 18.8. The Hall–Kier alpha value is -2.46. The van der Waals surface area contributed by atoms with Crippen LogP contribution in [0.5, 0.6) is 0 Å². The number of β-amino-alcohol motifs (C(OH)–C–C–N with tert-alkyl or cyclic N) is 1. The third kappa shape index (κ3) is 3.22. The van der Waals surface area contributed by atoms with Crippen molar-refractivity contribution in [2.75, 3.05) is 6.54 Å². The molecule has 4 rings (SSSR count). The van der Waals surface area contributed by atoms with Crippen molar-refractivity contribution >= 4 is 11.7 Å². The van der Waals surface area contributed by atoms with Gasteiger partial charge >= 0.3 is 0 Å². The fraction of sp³-hybridized carbons (Fsp3) is 0.333. The molecule has 4 nitrogen and oxygen atoms in total. The minimum Gasteiger partial charge on any atom is -0.381 e. The molecule has 1 heterocycles. The molecule has 1 atom stereocenters. The summed E-state index contributed by atoms with van der Waals surface area (Å²) in [5.41, 5.74) is 3.24. The molecule has 2 aromatic carbocycles. The number of carbonyl (C=O) groups is 1. The maximum atomic E-state index is 12.0. The van der Waals surface area contributed by atoms with Crippen LogP contribution in [-0.2, 0) is 4.79 Å². The van der Waals surface area contributed by atoms with Gasteiger partial charge < -0.3 is 10.0 Å². The smallest absolute Gasteiger partial charge is 0.278 e. The van der Waals surface area contributed by atoms with Crippen LogP contribution in [0.25, 0.3) is 11.1 Å². The van der Waals surface area contributed by atoms with Gasteiger partial charge in [0.15, 0.2) is 6.10 Å². The number of rotatable bonds is 3. The lowest BCUT2D eigenvalue weighted by Gasteiger charge is -2.36. The van der Waals surface area contributed by atoms with Crippen LogP contribution in [0.15, 0.2) is 59.6 Å². The molecule has 0 spiro atoms. The van der Waals surface area contributed by atoms with Gasteiger partial charge in [0.25, 0.3) is 5.91 Å². The van der Waals surface area contributed by atoms with Crippen molar-refractivity contribution < 1.29 is 9.90 Å². The molecule has 0 aromatic heterocycles. The van der Waals surface area contributed by atoms with Crippen molar-refractivity contribution in [3.8, 4) is 11.1 Å². The molecule has 0 radical (unpaired) electrons. The average Bonchev–Trinajstić information content (AvgIpc) is 3.19. The van der Waals surface area contributed by atoms with Crippen LogP contribution in [0.3, 0.4) is 0 Å². The molecule has 25 heavy (non-hydrogen) atoms. The quantitative estimate of drug-likeness (QED) is 0.937. The Bertz CT molecular complexity index is 777. The summed E-state index contributed by atoms with van der Waals surface area (Å²) in [7, 11) is 0. The lowest BCUT2D eigenvalue weighted by Crippen LogP contribution is -2.49. The predicted octanol–water partition coefficient (Wildman–Crippen LogP) is 3.25. The number of amides is 1. The first-order valence-electron chi connectivity index (χ1n) is 8.95. The lowest BCUT2D eigenvalue weighted by atomic mass is 10.0. The normalized spacial score (nSPS) is 21.5. The number of carbonyl (C=O) groups excluding carboxylic acids is 1. The van der Waals surface area contributed by atoms with Crippen molar-refractivity contribution in [3.05, 3.63) is 60.2 Å². The molecule has 0 bridgehead atoms. The Labute approximate surface area is 147 Å². The Kier molecular flexibility index (Phi) is 4.36. The number of hydrogen-bond donors (Lipinski definition) is 1. The maximum Gasteiger partial charge on any atom is 0.278 e. The summed E-state index contributed by atoms with van der Waals surface area (Å²) < 4.78 is 0. The van der Waals surface area contributed by atoms with E-state index < -0.39 is 12.0 Å². The van der Waals surface area contributed by atoms with Crippen molar-refractivity contribution in [2.24, 2.45) is 4.99 Å². The number of hydrogen-bond acceptors (Lipinski definition) is 3. The average molecular weight is 334 g/mol. The van der Waals surface area contributed by atoms with Crippen LogP contribution in [0, 0.1) is 0 Å². The van der Waals surface area contributed by atoms with Crippen LogP contribution in [0.2, 0.25) is 0 Å². The van der Waals surface area contributed by atoms with Crippen LogP contribution in [0.4, 0.5) is 0 Å². The third-order valence-corrected chi connectivity index (χ3v) is 5.16. The molecule has 1 fully saturated rings. The summed E-state index contributed by atoms with van der Waals surface area (Å²) in [4.78, 5) is 18.3. The zero-order valence-corrected chi connectivity index (χ0v) is 14.1. The number of amidine groups is 1. The number of aliphatic hydroxyl groups is 1. The van der Waals surface area contributed by atoms with Gasteiger partial charge in [-0.25, -0.2) is 0 Å². The van der Waals surface area contributed by atoms with E-state index in [1.54, 1.807) is 0 Å². The second kappa shape index (κ2) is 6.81. The van der Waals surface area contributed by atoms with Crippen LogP contribution < -0.4 is 0 Å². The summed E-state index contributed by atoms with van der Waals surface area (Å²) in [6.07, 6.45) is 3.59. The fourth-order valence-corrected chi connectivity index (χ4v) is 3.80. The van der Waals surface area contributed by atoms with E-state index in [0.29, 0.717) is 18.4 Å². The highest BCUT2D eigenvalue weighted by molar-refractivity contribution is 6.08. The van der Waals surface area contributed by atoms with Crippen LogP contribution >= 0.6 is 0 Å². The third-order valence-electron chi connectivity index (χ3n) is 5.16. The van der Waals surface area contributed by atoms with E-state index >= 15 is 0 Å². The van der Waals surface area contributed by atoms with Gasteiger partial charge in [-0.2, -0.15) is 4.99 Å². The van der Waals surface area contributed by atoms with E-state index in [9.17, 15) is 9.90 Å². The van der Waals surface area contributed by atoms with Crippen LogP contribution in [-0.4, -0.2) is 40.4 Å². The first-order valence-corrected chi connectivity index (χ1v) is 8.95. The van der Waals surface area contributed by atoms with E-state index in [-0.39, 0.29) is 0 Å². The van der Waals surface area contributed by atoms with E-state index in [1.165, 1.54) is 18.4 Å². The Morgan fingerprint density at radius 1 is 0.880 bits per heavy atom. The van der Waals surface area contributed by atoms with Crippen molar-refractivity contribution in [3.63, 3.8) is 0 Å². The number of aliphatic hydroxyl groups excluding tert-OH is 1. The molecule has 128 valence electrons. The molecule has 4 heteroatoms. The monoisotopic (exact) mass is 334 g/mol. The SMILES string of the molecule is O=C1N=C(c2ccc(-c3ccccc3)cc2)N(C2CCCC2)CC1O. The second-order valence-electron chi connectivity index (χ2n) is 6.82. The largest absolute Gasteiger partial charge is 0.381 e. The topological polar surface area (TPSA) is 52.9 Å². The minimum atomic E-state index is -1.01. The van der Waals surface area contributed by atoms with E-state index in [1.807, 2.05) is 30.3 Å². The Morgan fingerprint density at radius 2 is 1.48 bits per heavy atom. The summed E-state index contributed by atoms with van der Waals surface area (Å²) in [5, 5.41) is 9.97. The lowest BCUT2D eigenvalue weighted by molar-refractivity contribution is -0.127. The standard InChI is InChI=1S/C21H22N2O2/c24-19-14-23(18-8-4-5-9-18)20(22-21(19)25)17-12-10-16(11-13-17)15-6-2-1-3-7-15/h1-3,6-7,10-13,18-19,24H,4-5,8-9,14H2. The molecule has 2 aliphatic rings. The Morgan fingerprint density at radius 3 is 2.16 bits per heavy atom. The van der Waals surface area contributed by atoms with Crippen molar-refractivity contribution in [2.45, 2.75) is 37.8 Å². The molecular weight excluding hydrogens is 312 g/mol. The van der Waals surface area contributed by atoms with E-state index in [0.717, 1.165) is 24.0 Å². The molecule has 1 aliphatic heterocycles. The molecule has 1 saturated carbocycles. The summed E-state index contributed by atoms with van der Waals surface area (Å²) in [5.74, 6) is 0.276. The molecule has 1 amide bonds. The highest BCUT2D eigenvalue weighted by atomic mass is 16.3. The van der Waals surface area contributed by atoms with Crippen molar-refractivity contribution in [1.29, 1.82) is 0 Å². The molecule has 1 aliphatic carbocycles. The van der Waals surface area contributed by atoms with E-state index in [2.05, 4.69) is 34.2 Å². The van der Waals surface area contributed by atoms with Crippen LogP contribution in [0.1, 0.15) is 31.2 Å². The molecular formula is C21H22N2O2. The number of benzene rings is 2. The molecule has 0 saturated heterocycles. The number of aliphatic imine (C=N–C) groups is 1. The first kappa shape index (κ1) is 16.0. The zero-order chi connectivity index (χ0) is 17.2. The Balaban J connectivity index is 1.66. The van der Waals surface area contributed by atoms with Gasteiger partial charge in [-0.3, -0.25) is 4.79 Å². The fourth-order valence-electron chi connectivity index (χ4n) is 3.80. The minimum absolute atomic E-state index is 0.350. The zero-order valence-electron chi connectivity index (χ0n) is 14.1. The van der Waals surface area contributed by atoms with Gasteiger partial charge in [0.1, 0.15) is 5.84 Å². The maximum absolute atomic E-state index is 12.0. The highest BCUT2D eigenvalue weighted by Gasteiger charge is 2.34. The van der Waals surface area contributed by atoms with Gasteiger partial charge in [-0.05, 0) is 24.0 Å². The highest BCUT2D eigenvalue weighted by Crippen LogP contribution is 2.28.